The molecule has 1 atom stereocenters. The predicted octanol–water partition coefficient (Wildman–Crippen LogP) is 4.61. The van der Waals surface area contributed by atoms with Gasteiger partial charge in [0.1, 0.15) is 11.4 Å². The molecule has 2 aromatic carbocycles. The van der Waals surface area contributed by atoms with E-state index < -0.39 is 40.5 Å². The highest BCUT2D eigenvalue weighted by molar-refractivity contribution is 5.99. The lowest BCUT2D eigenvalue weighted by Gasteiger charge is -2.51. The number of likely N-dealkylation sites (N-methyl/N-ethyl adjacent to an activating group) is 1. The number of hydrogen-bond acceptors (Lipinski definition) is 3. The third kappa shape index (κ3) is 5.39. The van der Waals surface area contributed by atoms with Gasteiger partial charge in [-0.2, -0.15) is 13.2 Å². The number of piperidine rings is 2. The summed E-state index contributed by atoms with van der Waals surface area (Å²) in [5, 5.41) is 2.41. The summed E-state index contributed by atoms with van der Waals surface area (Å²) in [5.41, 5.74) is -2.61. The normalized spacial score (nSPS) is 20.0. The molecule has 0 radical (unpaired) electrons. The molecule has 0 saturated carbocycles. The fourth-order valence-electron chi connectivity index (χ4n) is 5.63. The SMILES string of the molecule is CN1CC(c2ccccc2)C2(CCN(C(=O)C(C)(C)NC(=O)c3cc(C(F)(F)F)ccc3F)CC2)CC1=O. The van der Waals surface area contributed by atoms with E-state index >= 15 is 0 Å². The number of halogens is 4. The number of carbonyl (C=O) groups is 3. The summed E-state index contributed by atoms with van der Waals surface area (Å²) in [6.07, 6.45) is -3.20. The number of benzene rings is 2. The van der Waals surface area contributed by atoms with Crippen LogP contribution in [0.5, 0.6) is 0 Å². The van der Waals surface area contributed by atoms with E-state index in [-0.39, 0.29) is 17.2 Å². The highest BCUT2D eigenvalue weighted by Crippen LogP contribution is 2.50. The van der Waals surface area contributed by atoms with Gasteiger partial charge < -0.3 is 15.1 Å². The Kier molecular flexibility index (Phi) is 7.29. The number of rotatable bonds is 4. The average Bonchev–Trinajstić information content (AvgIpc) is 2.86. The number of amides is 3. The van der Waals surface area contributed by atoms with E-state index in [0.29, 0.717) is 57.1 Å². The van der Waals surface area contributed by atoms with Crippen molar-refractivity contribution in [2.24, 2.45) is 5.41 Å². The van der Waals surface area contributed by atoms with E-state index in [2.05, 4.69) is 17.4 Å². The molecule has 1 spiro atoms. The maximum Gasteiger partial charge on any atom is 0.416 e. The quantitative estimate of drug-likeness (QED) is 0.584. The van der Waals surface area contributed by atoms with Crippen LogP contribution in [0, 0.1) is 11.2 Å². The molecular weight excluding hydrogens is 502 g/mol. The first kappa shape index (κ1) is 27.6. The van der Waals surface area contributed by atoms with Crippen molar-refractivity contribution in [1.29, 1.82) is 0 Å². The van der Waals surface area contributed by atoms with Crippen LogP contribution in [0.2, 0.25) is 0 Å². The molecule has 1 N–H and O–H groups in total. The summed E-state index contributed by atoms with van der Waals surface area (Å²) >= 11 is 0. The number of alkyl halides is 3. The van der Waals surface area contributed by atoms with Gasteiger partial charge in [0.2, 0.25) is 11.8 Å². The van der Waals surface area contributed by atoms with Crippen molar-refractivity contribution in [3.63, 3.8) is 0 Å². The summed E-state index contributed by atoms with van der Waals surface area (Å²) in [6.45, 7) is 4.18. The van der Waals surface area contributed by atoms with Gasteiger partial charge in [-0.1, -0.05) is 30.3 Å². The van der Waals surface area contributed by atoms with Gasteiger partial charge in [-0.05, 0) is 55.9 Å². The van der Waals surface area contributed by atoms with E-state index in [1.54, 1.807) is 16.8 Å². The molecule has 10 heteroatoms. The summed E-state index contributed by atoms with van der Waals surface area (Å²) in [6, 6.07) is 11.6. The van der Waals surface area contributed by atoms with Crippen LogP contribution in [0.4, 0.5) is 17.6 Å². The molecule has 2 fully saturated rings. The van der Waals surface area contributed by atoms with Crippen molar-refractivity contribution in [3.8, 4) is 0 Å². The van der Waals surface area contributed by atoms with Crippen LogP contribution in [0.3, 0.4) is 0 Å². The smallest absolute Gasteiger partial charge is 0.345 e. The number of likely N-dealkylation sites (tertiary alicyclic amines) is 2. The Morgan fingerprint density at radius 3 is 2.26 bits per heavy atom. The van der Waals surface area contributed by atoms with Crippen molar-refractivity contribution in [2.75, 3.05) is 26.7 Å². The lowest BCUT2D eigenvalue weighted by molar-refractivity contribution is -0.144. The minimum Gasteiger partial charge on any atom is -0.345 e. The van der Waals surface area contributed by atoms with E-state index in [1.165, 1.54) is 13.8 Å². The third-order valence-electron chi connectivity index (χ3n) is 7.87. The van der Waals surface area contributed by atoms with Crippen LogP contribution in [0.25, 0.3) is 0 Å². The molecule has 2 aromatic rings. The van der Waals surface area contributed by atoms with Crippen molar-refractivity contribution >= 4 is 17.7 Å². The Morgan fingerprint density at radius 2 is 1.66 bits per heavy atom. The Morgan fingerprint density at radius 1 is 1.03 bits per heavy atom. The zero-order valence-electron chi connectivity index (χ0n) is 21.6. The molecule has 2 aliphatic rings. The second-order valence-electron chi connectivity index (χ2n) is 10.8. The fraction of sp³-hybridized carbons (Fsp3) is 0.464. The number of hydrogen-bond donors (Lipinski definition) is 1. The average molecular weight is 534 g/mol. The standard InChI is InChI=1S/C28H31F4N3O3/c1-26(2,33-24(37)20-15-19(28(30,31)32)9-10-22(20)29)25(38)35-13-11-27(12-14-35)16-23(36)34(3)17-21(27)18-7-5-4-6-8-18/h4-10,15,21H,11-14,16-17H2,1-3H3,(H,33,37). The van der Waals surface area contributed by atoms with Crippen LogP contribution in [-0.4, -0.2) is 59.7 Å². The summed E-state index contributed by atoms with van der Waals surface area (Å²) in [4.78, 5) is 42.1. The monoisotopic (exact) mass is 533 g/mol. The van der Waals surface area contributed by atoms with Gasteiger partial charge >= 0.3 is 6.18 Å². The van der Waals surface area contributed by atoms with Crippen LogP contribution in [0.15, 0.2) is 48.5 Å². The minimum atomic E-state index is -4.75. The van der Waals surface area contributed by atoms with Crippen molar-refractivity contribution < 1.29 is 31.9 Å². The second-order valence-corrected chi connectivity index (χ2v) is 10.8. The maximum absolute atomic E-state index is 14.2. The summed E-state index contributed by atoms with van der Waals surface area (Å²) < 4.78 is 53.4. The van der Waals surface area contributed by atoms with Crippen LogP contribution < -0.4 is 5.32 Å². The van der Waals surface area contributed by atoms with Crippen molar-refractivity contribution in [2.45, 2.75) is 50.7 Å². The zero-order valence-corrected chi connectivity index (χ0v) is 21.6. The highest BCUT2D eigenvalue weighted by Gasteiger charge is 2.49. The summed E-state index contributed by atoms with van der Waals surface area (Å²) in [5.74, 6) is -2.47. The van der Waals surface area contributed by atoms with E-state index in [0.717, 1.165) is 5.56 Å². The lowest BCUT2D eigenvalue weighted by atomic mass is 9.62. The molecule has 2 heterocycles. The first-order valence-electron chi connectivity index (χ1n) is 12.5. The molecule has 0 aliphatic carbocycles. The van der Waals surface area contributed by atoms with Gasteiger partial charge in [0.05, 0.1) is 11.1 Å². The molecular formula is C28H31F4N3O3. The Labute approximate surface area is 219 Å². The van der Waals surface area contributed by atoms with E-state index in [4.69, 9.17) is 0 Å². The Balaban J connectivity index is 1.48. The van der Waals surface area contributed by atoms with Crippen LogP contribution in [-0.2, 0) is 15.8 Å². The van der Waals surface area contributed by atoms with Gasteiger partial charge in [-0.25, -0.2) is 4.39 Å². The van der Waals surface area contributed by atoms with Crippen LogP contribution in [0.1, 0.15) is 60.5 Å². The molecule has 2 aliphatic heterocycles. The zero-order chi connectivity index (χ0) is 27.9. The Bertz CT molecular complexity index is 1220. The predicted molar refractivity (Wildman–Crippen MR) is 133 cm³/mol. The minimum absolute atomic E-state index is 0.0627. The highest BCUT2D eigenvalue weighted by atomic mass is 19.4. The molecule has 1 unspecified atom stereocenters. The summed E-state index contributed by atoms with van der Waals surface area (Å²) in [7, 11) is 1.79. The second kappa shape index (κ2) is 10.0. The van der Waals surface area contributed by atoms with Crippen LogP contribution >= 0.6 is 0 Å². The number of carbonyl (C=O) groups excluding carboxylic acids is 3. The molecule has 4 rings (SSSR count). The molecule has 38 heavy (non-hydrogen) atoms. The van der Waals surface area contributed by atoms with Gasteiger partial charge in [-0.3, -0.25) is 14.4 Å². The van der Waals surface area contributed by atoms with Gasteiger partial charge in [-0.15, -0.1) is 0 Å². The van der Waals surface area contributed by atoms with Gasteiger partial charge in [0.25, 0.3) is 5.91 Å². The first-order valence-corrected chi connectivity index (χ1v) is 12.5. The fourth-order valence-corrected chi connectivity index (χ4v) is 5.63. The molecule has 0 bridgehead atoms. The van der Waals surface area contributed by atoms with E-state index in [9.17, 15) is 31.9 Å². The molecule has 204 valence electrons. The largest absolute Gasteiger partial charge is 0.416 e. The van der Waals surface area contributed by atoms with Gasteiger partial charge in [0.15, 0.2) is 0 Å². The topological polar surface area (TPSA) is 69.7 Å². The molecule has 0 aromatic heterocycles. The first-order chi connectivity index (χ1) is 17.7. The molecule has 3 amide bonds. The van der Waals surface area contributed by atoms with Gasteiger partial charge in [0, 0.05) is 39.0 Å². The third-order valence-corrected chi connectivity index (χ3v) is 7.87. The molecule has 2 saturated heterocycles. The van der Waals surface area contributed by atoms with E-state index in [1.807, 2.05) is 18.2 Å². The maximum atomic E-state index is 14.2. The lowest BCUT2D eigenvalue weighted by Crippen LogP contribution is -2.59. The number of nitrogens with zero attached hydrogens (tertiary/aromatic N) is 2. The van der Waals surface area contributed by atoms with Crippen molar-refractivity contribution in [1.82, 2.24) is 15.1 Å². The van der Waals surface area contributed by atoms with Crippen molar-refractivity contribution in [3.05, 3.63) is 71.0 Å². The number of nitrogens with one attached hydrogen (secondary N) is 1. The Hall–Kier alpha value is -3.43. The molecule has 6 nitrogen and oxygen atoms in total.